The smallest absolute Gasteiger partial charge is 0.0717 e. The van der Waals surface area contributed by atoms with Gasteiger partial charge in [-0.05, 0) is 12.5 Å². The van der Waals surface area contributed by atoms with Gasteiger partial charge in [-0.1, -0.05) is 29.8 Å². The van der Waals surface area contributed by atoms with Crippen LogP contribution in [-0.2, 0) is 11.3 Å². The van der Waals surface area contributed by atoms with Crippen molar-refractivity contribution in [1.82, 2.24) is 10.2 Å². The number of hydrogen-bond donors (Lipinski definition) is 1. The second kappa shape index (κ2) is 6.74. The zero-order valence-corrected chi connectivity index (χ0v) is 10.6. The van der Waals surface area contributed by atoms with Crippen molar-refractivity contribution in [3.8, 4) is 0 Å². The average Bonchev–Trinajstić information content (AvgIpc) is 2.38. The molecule has 3 heteroatoms. The third kappa shape index (κ3) is 4.46. The predicted octanol–water partition coefficient (Wildman–Crippen LogP) is 1.42. The lowest BCUT2D eigenvalue weighted by atomic mass is 10.2. The van der Waals surface area contributed by atoms with Gasteiger partial charge in [0.2, 0.25) is 0 Å². The van der Waals surface area contributed by atoms with Crippen LogP contribution in [0, 0.1) is 6.92 Å². The van der Waals surface area contributed by atoms with Crippen molar-refractivity contribution in [3.05, 3.63) is 35.4 Å². The molecule has 1 fully saturated rings. The van der Waals surface area contributed by atoms with Crippen LogP contribution in [0.4, 0.5) is 0 Å². The minimum absolute atomic E-state index is 0.729. The number of piperazine rings is 1. The highest BCUT2D eigenvalue weighted by Gasteiger charge is 2.08. The fourth-order valence-corrected chi connectivity index (χ4v) is 2.00. The molecule has 0 spiro atoms. The summed E-state index contributed by atoms with van der Waals surface area (Å²) < 4.78 is 5.70. The Kier molecular flexibility index (Phi) is 4.98. The summed E-state index contributed by atoms with van der Waals surface area (Å²) >= 11 is 0. The van der Waals surface area contributed by atoms with Crippen LogP contribution in [0.5, 0.6) is 0 Å². The lowest BCUT2D eigenvalue weighted by molar-refractivity contribution is 0.0886. The van der Waals surface area contributed by atoms with Crippen LogP contribution in [0.2, 0.25) is 0 Å². The first-order valence-corrected chi connectivity index (χ1v) is 6.41. The number of rotatable bonds is 5. The number of hydrogen-bond acceptors (Lipinski definition) is 3. The van der Waals surface area contributed by atoms with Crippen LogP contribution in [0.3, 0.4) is 0 Å². The normalized spacial score (nSPS) is 17.2. The molecule has 17 heavy (non-hydrogen) atoms. The van der Waals surface area contributed by atoms with Gasteiger partial charge >= 0.3 is 0 Å². The molecule has 0 bridgehead atoms. The van der Waals surface area contributed by atoms with Gasteiger partial charge in [0.1, 0.15) is 0 Å². The zero-order valence-electron chi connectivity index (χ0n) is 10.6. The molecular formula is C14H22N2O. The SMILES string of the molecule is Cc1ccc(COCCN2CCNCC2)cc1. The van der Waals surface area contributed by atoms with E-state index in [-0.39, 0.29) is 0 Å². The molecule has 1 heterocycles. The summed E-state index contributed by atoms with van der Waals surface area (Å²) in [5.41, 5.74) is 2.56. The number of benzene rings is 1. The summed E-state index contributed by atoms with van der Waals surface area (Å²) in [6.07, 6.45) is 0. The molecule has 0 saturated carbocycles. The molecule has 1 aliphatic rings. The zero-order chi connectivity index (χ0) is 11.9. The Hall–Kier alpha value is -0.900. The van der Waals surface area contributed by atoms with E-state index in [9.17, 15) is 0 Å². The maximum atomic E-state index is 5.70. The Morgan fingerprint density at radius 1 is 1.18 bits per heavy atom. The Balaban J connectivity index is 1.60. The summed E-state index contributed by atoms with van der Waals surface area (Å²) in [6, 6.07) is 8.55. The molecule has 1 saturated heterocycles. The molecule has 0 amide bonds. The highest BCUT2D eigenvalue weighted by Crippen LogP contribution is 2.04. The van der Waals surface area contributed by atoms with Gasteiger partial charge in [-0.15, -0.1) is 0 Å². The van der Waals surface area contributed by atoms with Crippen molar-refractivity contribution in [1.29, 1.82) is 0 Å². The van der Waals surface area contributed by atoms with Crippen molar-refractivity contribution in [2.24, 2.45) is 0 Å². The molecule has 0 unspecified atom stereocenters. The van der Waals surface area contributed by atoms with Gasteiger partial charge < -0.3 is 10.1 Å². The Morgan fingerprint density at radius 2 is 1.88 bits per heavy atom. The third-order valence-electron chi connectivity index (χ3n) is 3.15. The molecule has 94 valence electrons. The monoisotopic (exact) mass is 234 g/mol. The van der Waals surface area contributed by atoms with Crippen LogP contribution in [0.1, 0.15) is 11.1 Å². The van der Waals surface area contributed by atoms with Gasteiger partial charge in [0.15, 0.2) is 0 Å². The quantitative estimate of drug-likeness (QED) is 0.780. The Labute approximate surface area is 104 Å². The lowest BCUT2D eigenvalue weighted by Gasteiger charge is -2.26. The van der Waals surface area contributed by atoms with E-state index in [4.69, 9.17) is 4.74 Å². The second-order valence-electron chi connectivity index (χ2n) is 4.63. The molecule has 2 rings (SSSR count). The summed E-state index contributed by atoms with van der Waals surface area (Å²) in [5, 5.41) is 3.35. The topological polar surface area (TPSA) is 24.5 Å². The minimum atomic E-state index is 0.729. The van der Waals surface area contributed by atoms with E-state index in [1.54, 1.807) is 0 Å². The van der Waals surface area contributed by atoms with Crippen molar-refractivity contribution in [2.45, 2.75) is 13.5 Å². The van der Waals surface area contributed by atoms with Crippen LogP contribution >= 0.6 is 0 Å². The largest absolute Gasteiger partial charge is 0.375 e. The number of nitrogens with one attached hydrogen (secondary N) is 1. The van der Waals surface area contributed by atoms with E-state index >= 15 is 0 Å². The van der Waals surface area contributed by atoms with Gasteiger partial charge in [0, 0.05) is 32.7 Å². The third-order valence-corrected chi connectivity index (χ3v) is 3.15. The molecule has 1 N–H and O–H groups in total. The van der Waals surface area contributed by atoms with Crippen molar-refractivity contribution >= 4 is 0 Å². The van der Waals surface area contributed by atoms with Gasteiger partial charge in [-0.25, -0.2) is 0 Å². The van der Waals surface area contributed by atoms with E-state index in [1.165, 1.54) is 11.1 Å². The predicted molar refractivity (Wildman–Crippen MR) is 70.1 cm³/mol. The minimum Gasteiger partial charge on any atom is -0.375 e. The molecular weight excluding hydrogens is 212 g/mol. The maximum absolute atomic E-state index is 5.70. The first kappa shape index (κ1) is 12.6. The van der Waals surface area contributed by atoms with Crippen molar-refractivity contribution in [2.75, 3.05) is 39.3 Å². The number of nitrogens with zero attached hydrogens (tertiary/aromatic N) is 1. The van der Waals surface area contributed by atoms with Gasteiger partial charge in [0.25, 0.3) is 0 Å². The second-order valence-corrected chi connectivity index (χ2v) is 4.63. The molecule has 1 aliphatic heterocycles. The van der Waals surface area contributed by atoms with Gasteiger partial charge in [-0.2, -0.15) is 0 Å². The molecule has 1 aromatic carbocycles. The van der Waals surface area contributed by atoms with E-state index in [0.717, 1.165) is 45.9 Å². The van der Waals surface area contributed by atoms with E-state index < -0.39 is 0 Å². The molecule has 0 atom stereocenters. The summed E-state index contributed by atoms with van der Waals surface area (Å²) in [4.78, 5) is 2.45. The van der Waals surface area contributed by atoms with Crippen LogP contribution in [0.25, 0.3) is 0 Å². The molecule has 0 radical (unpaired) electrons. The highest BCUT2D eigenvalue weighted by molar-refractivity contribution is 5.20. The number of ether oxygens (including phenoxy) is 1. The molecule has 3 nitrogen and oxygen atoms in total. The van der Waals surface area contributed by atoms with E-state index in [1.807, 2.05) is 0 Å². The van der Waals surface area contributed by atoms with Crippen LogP contribution in [-0.4, -0.2) is 44.2 Å². The fraction of sp³-hybridized carbons (Fsp3) is 0.571. The van der Waals surface area contributed by atoms with Crippen molar-refractivity contribution in [3.63, 3.8) is 0 Å². The highest BCUT2D eigenvalue weighted by atomic mass is 16.5. The maximum Gasteiger partial charge on any atom is 0.0717 e. The molecule has 0 aliphatic carbocycles. The summed E-state index contributed by atoms with van der Waals surface area (Å²) in [5.74, 6) is 0. The van der Waals surface area contributed by atoms with Gasteiger partial charge in [0.05, 0.1) is 13.2 Å². The Morgan fingerprint density at radius 3 is 2.59 bits per heavy atom. The average molecular weight is 234 g/mol. The van der Waals surface area contributed by atoms with Crippen LogP contribution in [0.15, 0.2) is 24.3 Å². The summed E-state index contributed by atoms with van der Waals surface area (Å²) in [7, 11) is 0. The first-order chi connectivity index (χ1) is 8.34. The lowest BCUT2D eigenvalue weighted by Crippen LogP contribution is -2.44. The standard InChI is InChI=1S/C14H22N2O/c1-13-2-4-14(5-3-13)12-17-11-10-16-8-6-15-7-9-16/h2-5,15H,6-12H2,1H3. The fourth-order valence-electron chi connectivity index (χ4n) is 2.00. The molecule has 0 aromatic heterocycles. The van der Waals surface area contributed by atoms with E-state index in [0.29, 0.717) is 0 Å². The van der Waals surface area contributed by atoms with Crippen molar-refractivity contribution < 1.29 is 4.74 Å². The Bertz CT molecular complexity index is 317. The van der Waals surface area contributed by atoms with Gasteiger partial charge in [-0.3, -0.25) is 4.90 Å². The number of aryl methyl sites for hydroxylation is 1. The van der Waals surface area contributed by atoms with E-state index in [2.05, 4.69) is 41.4 Å². The first-order valence-electron chi connectivity index (χ1n) is 6.41. The summed E-state index contributed by atoms with van der Waals surface area (Å²) in [6.45, 7) is 9.22. The van der Waals surface area contributed by atoms with Crippen LogP contribution < -0.4 is 5.32 Å². The molecule has 1 aromatic rings.